The molecule has 0 aromatic rings. The number of amides is 2. The van der Waals surface area contributed by atoms with Gasteiger partial charge in [0.2, 0.25) is 11.8 Å². The van der Waals surface area contributed by atoms with Crippen LogP contribution >= 0.6 is 0 Å². The first kappa shape index (κ1) is 13.5. The molecule has 0 aromatic heterocycles. The summed E-state index contributed by atoms with van der Waals surface area (Å²) in [6.45, 7) is 6.50. The summed E-state index contributed by atoms with van der Waals surface area (Å²) in [6, 6.07) is 0.233. The average Bonchev–Trinajstić information content (AvgIpc) is 3.06. The molecule has 0 aromatic carbocycles. The van der Waals surface area contributed by atoms with Gasteiger partial charge in [-0.25, -0.2) is 0 Å². The summed E-state index contributed by atoms with van der Waals surface area (Å²) in [4.78, 5) is 25.4. The Balaban J connectivity index is 1.83. The van der Waals surface area contributed by atoms with Crippen molar-refractivity contribution in [3.8, 4) is 0 Å². The van der Waals surface area contributed by atoms with Crippen molar-refractivity contribution in [3.05, 3.63) is 0 Å². The lowest BCUT2D eigenvalue weighted by molar-refractivity contribution is -0.139. The lowest BCUT2D eigenvalue weighted by Crippen LogP contribution is -2.43. The third-order valence-electron chi connectivity index (χ3n) is 3.76. The van der Waals surface area contributed by atoms with Crippen LogP contribution in [0.25, 0.3) is 0 Å². The molecular weight excluding hydrogens is 228 g/mol. The zero-order valence-electron chi connectivity index (χ0n) is 11.6. The fourth-order valence-corrected chi connectivity index (χ4v) is 2.51. The maximum Gasteiger partial charge on any atom is 0.247 e. The first-order chi connectivity index (χ1) is 8.49. The van der Waals surface area contributed by atoms with E-state index in [2.05, 4.69) is 26.1 Å². The standard InChI is InChI=1S/C14H24N2O2/c1-9(2)4-5-10(3)15-12-8-13(17)16(14(12)18)11-6-7-11/h9-12,15H,4-8H2,1-3H3. The molecule has 2 unspecified atom stereocenters. The SMILES string of the molecule is CC(C)CCC(C)NC1CC(=O)N(C2CC2)C1=O. The number of carbonyl (C=O) groups is 2. The molecule has 0 bridgehead atoms. The monoisotopic (exact) mass is 252 g/mol. The van der Waals surface area contributed by atoms with E-state index >= 15 is 0 Å². The number of hydrogen-bond acceptors (Lipinski definition) is 3. The van der Waals surface area contributed by atoms with Gasteiger partial charge in [-0.15, -0.1) is 0 Å². The first-order valence-corrected chi connectivity index (χ1v) is 7.11. The summed E-state index contributed by atoms with van der Waals surface area (Å²) >= 11 is 0. The van der Waals surface area contributed by atoms with Crippen LogP contribution in [0.5, 0.6) is 0 Å². The van der Waals surface area contributed by atoms with Crippen molar-refractivity contribution in [2.24, 2.45) is 5.92 Å². The molecule has 2 atom stereocenters. The van der Waals surface area contributed by atoms with Crippen LogP contribution in [0.2, 0.25) is 0 Å². The van der Waals surface area contributed by atoms with Gasteiger partial charge in [-0.05, 0) is 38.5 Å². The Bertz CT molecular complexity index is 337. The highest BCUT2D eigenvalue weighted by Crippen LogP contribution is 2.31. The molecular formula is C14H24N2O2. The van der Waals surface area contributed by atoms with E-state index in [4.69, 9.17) is 0 Å². The Morgan fingerprint density at radius 1 is 1.22 bits per heavy atom. The van der Waals surface area contributed by atoms with Crippen molar-refractivity contribution in [3.63, 3.8) is 0 Å². The highest BCUT2D eigenvalue weighted by Gasteiger charge is 2.46. The maximum absolute atomic E-state index is 12.1. The van der Waals surface area contributed by atoms with Gasteiger partial charge < -0.3 is 5.32 Å². The molecule has 1 N–H and O–H groups in total. The van der Waals surface area contributed by atoms with Gasteiger partial charge in [0.25, 0.3) is 0 Å². The molecule has 102 valence electrons. The van der Waals surface area contributed by atoms with Gasteiger partial charge in [0.1, 0.15) is 0 Å². The smallest absolute Gasteiger partial charge is 0.247 e. The molecule has 1 aliphatic carbocycles. The average molecular weight is 252 g/mol. The maximum atomic E-state index is 12.1. The van der Waals surface area contributed by atoms with Crippen molar-refractivity contribution in [2.75, 3.05) is 0 Å². The molecule has 4 nitrogen and oxygen atoms in total. The summed E-state index contributed by atoms with van der Waals surface area (Å²) in [6.07, 6.45) is 4.54. The van der Waals surface area contributed by atoms with Crippen LogP contribution in [-0.4, -0.2) is 34.8 Å². The van der Waals surface area contributed by atoms with Gasteiger partial charge in [-0.3, -0.25) is 14.5 Å². The van der Waals surface area contributed by atoms with E-state index < -0.39 is 0 Å². The van der Waals surface area contributed by atoms with Crippen molar-refractivity contribution in [1.29, 1.82) is 0 Å². The van der Waals surface area contributed by atoms with Crippen molar-refractivity contribution in [2.45, 2.75) is 71.0 Å². The topological polar surface area (TPSA) is 49.4 Å². The van der Waals surface area contributed by atoms with Gasteiger partial charge >= 0.3 is 0 Å². The minimum absolute atomic E-state index is 0.00102. The van der Waals surface area contributed by atoms with Crippen LogP contribution in [0, 0.1) is 5.92 Å². The van der Waals surface area contributed by atoms with Crippen LogP contribution in [-0.2, 0) is 9.59 Å². The Labute approximate surface area is 109 Å². The number of nitrogens with one attached hydrogen (secondary N) is 1. The highest BCUT2D eigenvalue weighted by atomic mass is 16.2. The Kier molecular flexibility index (Phi) is 4.05. The minimum atomic E-state index is -0.278. The molecule has 1 aliphatic heterocycles. The highest BCUT2D eigenvalue weighted by molar-refractivity contribution is 6.06. The number of carbonyl (C=O) groups excluding carboxylic acids is 2. The molecule has 0 spiro atoms. The van der Waals surface area contributed by atoms with Gasteiger partial charge in [-0.2, -0.15) is 0 Å². The van der Waals surface area contributed by atoms with E-state index in [1.807, 2.05) is 0 Å². The van der Waals surface area contributed by atoms with E-state index in [1.165, 1.54) is 4.90 Å². The first-order valence-electron chi connectivity index (χ1n) is 7.11. The lowest BCUT2D eigenvalue weighted by atomic mass is 10.0. The summed E-state index contributed by atoms with van der Waals surface area (Å²) in [5, 5.41) is 3.31. The van der Waals surface area contributed by atoms with E-state index in [9.17, 15) is 9.59 Å². The quantitative estimate of drug-likeness (QED) is 0.732. The summed E-state index contributed by atoms with van der Waals surface area (Å²) < 4.78 is 0. The molecule has 1 saturated carbocycles. The fraction of sp³-hybridized carbons (Fsp3) is 0.857. The zero-order chi connectivity index (χ0) is 13.3. The molecule has 4 heteroatoms. The van der Waals surface area contributed by atoms with E-state index in [0.29, 0.717) is 18.4 Å². The van der Waals surface area contributed by atoms with Crippen LogP contribution in [0.15, 0.2) is 0 Å². The van der Waals surface area contributed by atoms with E-state index in [-0.39, 0.29) is 23.9 Å². The third kappa shape index (κ3) is 3.10. The number of imide groups is 1. The number of nitrogens with zero attached hydrogens (tertiary/aromatic N) is 1. The minimum Gasteiger partial charge on any atom is -0.303 e. The Morgan fingerprint density at radius 2 is 1.89 bits per heavy atom. The van der Waals surface area contributed by atoms with Crippen LogP contribution in [0.3, 0.4) is 0 Å². The number of rotatable bonds is 6. The molecule has 1 saturated heterocycles. The molecule has 2 fully saturated rings. The van der Waals surface area contributed by atoms with Gasteiger partial charge in [0.05, 0.1) is 12.5 Å². The molecule has 2 amide bonds. The van der Waals surface area contributed by atoms with Gasteiger partial charge in [0, 0.05) is 12.1 Å². The largest absolute Gasteiger partial charge is 0.303 e. The van der Waals surface area contributed by atoms with E-state index in [0.717, 1.165) is 25.7 Å². The lowest BCUT2D eigenvalue weighted by Gasteiger charge is -2.19. The number of hydrogen-bond donors (Lipinski definition) is 1. The predicted octanol–water partition coefficient (Wildman–Crippen LogP) is 1.69. The fourth-order valence-electron chi connectivity index (χ4n) is 2.51. The second-order valence-corrected chi connectivity index (χ2v) is 6.13. The Morgan fingerprint density at radius 3 is 2.44 bits per heavy atom. The van der Waals surface area contributed by atoms with Gasteiger partial charge in [0.15, 0.2) is 0 Å². The van der Waals surface area contributed by atoms with Crippen LogP contribution in [0.4, 0.5) is 0 Å². The zero-order valence-corrected chi connectivity index (χ0v) is 11.6. The Hall–Kier alpha value is -0.900. The van der Waals surface area contributed by atoms with E-state index in [1.54, 1.807) is 0 Å². The van der Waals surface area contributed by atoms with Crippen molar-refractivity contribution < 1.29 is 9.59 Å². The van der Waals surface area contributed by atoms with Gasteiger partial charge in [-0.1, -0.05) is 13.8 Å². The predicted molar refractivity (Wildman–Crippen MR) is 69.9 cm³/mol. The van der Waals surface area contributed by atoms with Crippen molar-refractivity contribution in [1.82, 2.24) is 10.2 Å². The third-order valence-corrected chi connectivity index (χ3v) is 3.76. The summed E-state index contributed by atoms with van der Waals surface area (Å²) in [5.74, 6) is 0.688. The molecule has 0 radical (unpaired) electrons. The summed E-state index contributed by atoms with van der Waals surface area (Å²) in [5.41, 5.74) is 0. The second-order valence-electron chi connectivity index (χ2n) is 6.13. The molecule has 1 heterocycles. The number of likely N-dealkylation sites (tertiary alicyclic amines) is 1. The molecule has 18 heavy (non-hydrogen) atoms. The molecule has 2 rings (SSSR count). The second kappa shape index (κ2) is 5.39. The van der Waals surface area contributed by atoms with Crippen LogP contribution in [0.1, 0.15) is 52.9 Å². The summed E-state index contributed by atoms with van der Waals surface area (Å²) in [7, 11) is 0. The van der Waals surface area contributed by atoms with Crippen LogP contribution < -0.4 is 5.32 Å². The normalized spacial score (nSPS) is 26.2. The van der Waals surface area contributed by atoms with Crippen molar-refractivity contribution >= 4 is 11.8 Å². The molecule has 2 aliphatic rings.